The monoisotopic (exact) mass is 367 g/mol. The van der Waals surface area contributed by atoms with Crippen molar-refractivity contribution in [1.29, 1.82) is 0 Å². The van der Waals surface area contributed by atoms with Crippen molar-refractivity contribution >= 4 is 52.3 Å². The Morgan fingerprint density at radius 2 is 2.22 bits per heavy atom. The van der Waals surface area contributed by atoms with Gasteiger partial charge in [0.2, 0.25) is 11.1 Å². The van der Waals surface area contributed by atoms with E-state index in [9.17, 15) is 4.79 Å². The highest BCUT2D eigenvalue weighted by Gasteiger charge is 2.18. The fourth-order valence-electron chi connectivity index (χ4n) is 1.80. The summed E-state index contributed by atoms with van der Waals surface area (Å²) in [5.41, 5.74) is 0.512. The van der Waals surface area contributed by atoms with Crippen LogP contribution in [0.5, 0.6) is 0 Å². The number of carbonyl (C=O) groups is 1. The van der Waals surface area contributed by atoms with Gasteiger partial charge < -0.3 is 5.32 Å². The third-order valence-corrected chi connectivity index (χ3v) is 4.44. The largest absolute Gasteiger partial charge is 0.324 e. The quantitative estimate of drug-likeness (QED) is 0.713. The molecule has 1 atom stereocenters. The van der Waals surface area contributed by atoms with E-state index in [1.807, 2.05) is 0 Å². The molecule has 1 unspecified atom stereocenters. The average Bonchev–Trinajstić information content (AvgIpc) is 2.92. The second kappa shape index (κ2) is 6.74. The summed E-state index contributed by atoms with van der Waals surface area (Å²) in [6.07, 6.45) is 3.38. The molecule has 0 bridgehead atoms. The molecule has 0 aliphatic heterocycles. The SMILES string of the molecule is CC(Sc1nc2ncccn2n1)C(=O)Nc1ccc(Cl)cc1Cl. The molecule has 1 aromatic carbocycles. The van der Waals surface area contributed by atoms with Crippen LogP contribution in [-0.4, -0.2) is 30.7 Å². The van der Waals surface area contributed by atoms with Crippen molar-refractivity contribution < 1.29 is 4.79 Å². The van der Waals surface area contributed by atoms with Crippen molar-refractivity contribution in [3.05, 3.63) is 46.7 Å². The first-order valence-corrected chi connectivity index (χ1v) is 8.26. The fraction of sp³-hybridized carbons (Fsp3) is 0.143. The molecule has 6 nitrogen and oxygen atoms in total. The fourth-order valence-corrected chi connectivity index (χ4v) is 3.01. The summed E-state index contributed by atoms with van der Waals surface area (Å²) in [6, 6.07) is 6.66. The Labute approximate surface area is 146 Å². The first-order chi connectivity index (χ1) is 11.0. The Bertz CT molecular complexity index is 836. The third kappa shape index (κ3) is 3.74. The molecule has 0 aliphatic rings. The van der Waals surface area contributed by atoms with Crippen LogP contribution in [0.2, 0.25) is 10.0 Å². The zero-order chi connectivity index (χ0) is 16.4. The molecule has 0 spiro atoms. The van der Waals surface area contributed by atoms with E-state index in [1.165, 1.54) is 11.8 Å². The van der Waals surface area contributed by atoms with Crippen molar-refractivity contribution in [3.8, 4) is 0 Å². The Balaban J connectivity index is 1.69. The van der Waals surface area contributed by atoms with Gasteiger partial charge in [0.1, 0.15) is 0 Å². The molecule has 3 rings (SSSR count). The number of hydrogen-bond donors (Lipinski definition) is 1. The minimum absolute atomic E-state index is 0.203. The van der Waals surface area contributed by atoms with Gasteiger partial charge in [-0.05, 0) is 31.2 Å². The average molecular weight is 368 g/mol. The Kier molecular flexibility index (Phi) is 4.70. The van der Waals surface area contributed by atoms with E-state index in [1.54, 1.807) is 48.1 Å². The van der Waals surface area contributed by atoms with E-state index >= 15 is 0 Å². The molecule has 0 aliphatic carbocycles. The first kappa shape index (κ1) is 16.0. The molecule has 2 heterocycles. The molecule has 1 N–H and O–H groups in total. The van der Waals surface area contributed by atoms with Crippen LogP contribution in [0, 0.1) is 0 Å². The van der Waals surface area contributed by atoms with Crippen LogP contribution in [0.4, 0.5) is 5.69 Å². The maximum absolute atomic E-state index is 12.3. The van der Waals surface area contributed by atoms with Gasteiger partial charge in [-0.25, -0.2) is 9.50 Å². The summed E-state index contributed by atoms with van der Waals surface area (Å²) >= 11 is 13.1. The Hall–Kier alpha value is -1.83. The summed E-state index contributed by atoms with van der Waals surface area (Å²) in [5.74, 6) is 0.286. The van der Waals surface area contributed by atoms with Gasteiger partial charge in [0.05, 0.1) is 16.0 Å². The molecule has 23 heavy (non-hydrogen) atoms. The molecular formula is C14H11Cl2N5OS. The first-order valence-electron chi connectivity index (χ1n) is 6.63. The molecule has 2 aromatic heterocycles. The van der Waals surface area contributed by atoms with Gasteiger partial charge in [0.25, 0.3) is 5.78 Å². The second-order valence-corrected chi connectivity index (χ2v) is 6.78. The molecule has 0 saturated heterocycles. The number of carbonyl (C=O) groups excluding carboxylic acids is 1. The summed E-state index contributed by atoms with van der Waals surface area (Å²) in [6.45, 7) is 1.77. The minimum atomic E-state index is -0.404. The zero-order valence-electron chi connectivity index (χ0n) is 11.9. The second-order valence-electron chi connectivity index (χ2n) is 4.63. The minimum Gasteiger partial charge on any atom is -0.324 e. The number of thioether (sulfide) groups is 1. The maximum atomic E-state index is 12.3. The molecule has 9 heteroatoms. The van der Waals surface area contributed by atoms with Crippen molar-refractivity contribution in [3.63, 3.8) is 0 Å². The normalized spacial score (nSPS) is 12.3. The van der Waals surface area contributed by atoms with Gasteiger partial charge in [-0.15, -0.1) is 5.10 Å². The highest BCUT2D eigenvalue weighted by atomic mass is 35.5. The van der Waals surface area contributed by atoms with E-state index in [-0.39, 0.29) is 5.91 Å². The van der Waals surface area contributed by atoms with Crippen LogP contribution in [0.3, 0.4) is 0 Å². The summed E-state index contributed by atoms with van der Waals surface area (Å²) < 4.78 is 1.56. The third-order valence-electron chi connectivity index (χ3n) is 2.94. The number of rotatable bonds is 4. The molecule has 1 amide bonds. The molecule has 0 saturated carbocycles. The number of hydrogen-bond acceptors (Lipinski definition) is 5. The number of nitrogens with zero attached hydrogens (tertiary/aromatic N) is 4. The molecule has 3 aromatic rings. The van der Waals surface area contributed by atoms with E-state index in [0.29, 0.717) is 26.7 Å². The summed E-state index contributed by atoms with van der Waals surface area (Å²) in [7, 11) is 0. The molecule has 118 valence electrons. The van der Waals surface area contributed by atoms with E-state index < -0.39 is 5.25 Å². The van der Waals surface area contributed by atoms with Crippen LogP contribution in [-0.2, 0) is 4.79 Å². The Morgan fingerprint density at radius 1 is 1.39 bits per heavy atom. The van der Waals surface area contributed by atoms with Crippen LogP contribution in [0.25, 0.3) is 5.78 Å². The standard InChI is InChI=1S/C14H11Cl2N5OS/c1-8(12(22)18-11-4-3-9(15)7-10(11)16)23-14-19-13-17-5-2-6-21(13)20-14/h2-8H,1H3,(H,18,22). The van der Waals surface area contributed by atoms with Gasteiger partial charge >= 0.3 is 0 Å². The maximum Gasteiger partial charge on any atom is 0.253 e. The predicted octanol–water partition coefficient (Wildman–Crippen LogP) is 3.55. The number of nitrogens with one attached hydrogen (secondary N) is 1. The van der Waals surface area contributed by atoms with Crippen LogP contribution in [0.1, 0.15) is 6.92 Å². The molecule has 0 fully saturated rings. The number of aromatic nitrogens is 4. The van der Waals surface area contributed by atoms with Gasteiger partial charge in [0.15, 0.2) is 0 Å². The molecular weight excluding hydrogens is 357 g/mol. The summed E-state index contributed by atoms with van der Waals surface area (Å²) in [4.78, 5) is 20.6. The lowest BCUT2D eigenvalue weighted by Crippen LogP contribution is -2.22. The van der Waals surface area contributed by atoms with Crippen LogP contribution in [0.15, 0.2) is 41.8 Å². The highest BCUT2D eigenvalue weighted by Crippen LogP contribution is 2.27. The van der Waals surface area contributed by atoms with Gasteiger partial charge in [0, 0.05) is 17.4 Å². The van der Waals surface area contributed by atoms with Crippen LogP contribution < -0.4 is 5.32 Å². The lowest BCUT2D eigenvalue weighted by Gasteiger charge is -2.11. The molecule has 0 radical (unpaired) electrons. The number of amides is 1. The lowest BCUT2D eigenvalue weighted by atomic mass is 10.3. The van der Waals surface area contributed by atoms with Gasteiger partial charge in [-0.2, -0.15) is 4.98 Å². The predicted molar refractivity (Wildman–Crippen MR) is 91.2 cm³/mol. The smallest absolute Gasteiger partial charge is 0.253 e. The van der Waals surface area contributed by atoms with E-state index in [4.69, 9.17) is 23.2 Å². The lowest BCUT2D eigenvalue weighted by molar-refractivity contribution is -0.115. The van der Waals surface area contributed by atoms with Gasteiger partial charge in [-0.1, -0.05) is 35.0 Å². The van der Waals surface area contributed by atoms with E-state index in [0.717, 1.165) is 0 Å². The van der Waals surface area contributed by atoms with Crippen molar-refractivity contribution in [2.75, 3.05) is 5.32 Å². The van der Waals surface area contributed by atoms with Crippen molar-refractivity contribution in [2.24, 2.45) is 0 Å². The van der Waals surface area contributed by atoms with Gasteiger partial charge in [-0.3, -0.25) is 4.79 Å². The zero-order valence-corrected chi connectivity index (χ0v) is 14.2. The summed E-state index contributed by atoms with van der Waals surface area (Å²) in [5, 5.41) is 7.99. The Morgan fingerprint density at radius 3 is 2.96 bits per heavy atom. The van der Waals surface area contributed by atoms with Crippen LogP contribution >= 0.6 is 35.0 Å². The highest BCUT2D eigenvalue weighted by molar-refractivity contribution is 8.00. The number of fused-ring (bicyclic) bond motifs is 1. The van der Waals surface area contributed by atoms with E-state index in [2.05, 4.69) is 20.4 Å². The number of benzene rings is 1. The topological polar surface area (TPSA) is 72.2 Å². The number of anilines is 1. The van der Waals surface area contributed by atoms with Crippen molar-refractivity contribution in [1.82, 2.24) is 19.6 Å². The number of halogens is 2. The van der Waals surface area contributed by atoms with Crippen molar-refractivity contribution in [2.45, 2.75) is 17.3 Å².